The lowest BCUT2D eigenvalue weighted by atomic mass is 10.3. The first kappa shape index (κ1) is 8.03. The van der Waals surface area contributed by atoms with Crippen molar-refractivity contribution in [3.8, 4) is 0 Å². The minimum atomic E-state index is -0.132. The van der Waals surface area contributed by atoms with Crippen molar-refractivity contribution in [2.24, 2.45) is 0 Å². The first-order valence-corrected chi connectivity index (χ1v) is 3.27. The molecule has 11 heavy (non-hydrogen) atoms. The molecule has 0 amide bonds. The molecule has 3 N–H and O–H groups in total. The smallest absolute Gasteiger partial charge is 0.136 e. The average Bonchev–Trinajstić information content (AvgIpc) is 2.39. The summed E-state index contributed by atoms with van der Waals surface area (Å²) in [6.07, 6.45) is 3.22. The van der Waals surface area contributed by atoms with E-state index in [2.05, 4.69) is 10.4 Å². The van der Waals surface area contributed by atoms with Crippen molar-refractivity contribution in [1.82, 2.24) is 15.2 Å². The second-order valence-corrected chi connectivity index (χ2v) is 2.16. The third-order valence-electron chi connectivity index (χ3n) is 1.42. The molecule has 0 spiro atoms. The van der Waals surface area contributed by atoms with Gasteiger partial charge in [-0.15, -0.1) is 0 Å². The molecule has 1 heterocycles. The Morgan fingerprint density at radius 2 is 2.55 bits per heavy atom. The molecule has 0 saturated carbocycles. The third kappa shape index (κ3) is 1.69. The number of aromatic nitrogens is 2. The maximum absolute atomic E-state index is 5.35. The number of hydrogen-bond acceptors (Lipinski definition) is 4. The Labute approximate surface area is 65.1 Å². The average molecular weight is 156 g/mol. The van der Waals surface area contributed by atoms with Gasteiger partial charge < -0.3 is 10.6 Å². The van der Waals surface area contributed by atoms with Gasteiger partial charge in [0.15, 0.2) is 0 Å². The SMILES string of the molecule is CNC(OC)c1cnn(N)c1. The zero-order valence-electron chi connectivity index (χ0n) is 6.61. The van der Waals surface area contributed by atoms with Crippen LogP contribution >= 0.6 is 0 Å². The van der Waals surface area contributed by atoms with Crippen LogP contribution in [0, 0.1) is 0 Å². The van der Waals surface area contributed by atoms with E-state index in [-0.39, 0.29) is 6.23 Å². The second kappa shape index (κ2) is 3.36. The maximum atomic E-state index is 5.35. The van der Waals surface area contributed by atoms with Gasteiger partial charge in [-0.25, -0.2) is 0 Å². The molecular formula is C6H12N4O. The van der Waals surface area contributed by atoms with Gasteiger partial charge in [-0.1, -0.05) is 0 Å². The largest absolute Gasteiger partial charge is 0.362 e. The summed E-state index contributed by atoms with van der Waals surface area (Å²) in [4.78, 5) is 1.25. The Hall–Kier alpha value is -1.07. The van der Waals surface area contributed by atoms with Crippen LogP contribution in [0.3, 0.4) is 0 Å². The summed E-state index contributed by atoms with van der Waals surface area (Å²) in [5.41, 5.74) is 0.914. The van der Waals surface area contributed by atoms with E-state index in [1.54, 1.807) is 19.5 Å². The Balaban J connectivity index is 2.73. The summed E-state index contributed by atoms with van der Waals surface area (Å²) in [5.74, 6) is 5.35. The molecule has 1 aromatic heterocycles. The van der Waals surface area contributed by atoms with E-state index in [9.17, 15) is 0 Å². The van der Waals surface area contributed by atoms with Crippen LogP contribution in [-0.4, -0.2) is 24.0 Å². The van der Waals surface area contributed by atoms with Crippen LogP contribution in [0.15, 0.2) is 12.4 Å². The summed E-state index contributed by atoms with van der Waals surface area (Å²) in [6, 6.07) is 0. The number of nitrogens with two attached hydrogens (primary N) is 1. The van der Waals surface area contributed by atoms with Crippen LogP contribution in [0.25, 0.3) is 0 Å². The monoisotopic (exact) mass is 156 g/mol. The van der Waals surface area contributed by atoms with Gasteiger partial charge in [-0.05, 0) is 7.05 Å². The molecule has 0 radical (unpaired) electrons. The van der Waals surface area contributed by atoms with Crippen LogP contribution in [0.4, 0.5) is 0 Å². The van der Waals surface area contributed by atoms with E-state index in [0.29, 0.717) is 0 Å². The van der Waals surface area contributed by atoms with Crippen LogP contribution in [0.2, 0.25) is 0 Å². The molecule has 1 rings (SSSR count). The number of hydrogen-bond donors (Lipinski definition) is 2. The van der Waals surface area contributed by atoms with Crippen molar-refractivity contribution in [1.29, 1.82) is 0 Å². The van der Waals surface area contributed by atoms with Crippen LogP contribution in [-0.2, 0) is 4.74 Å². The molecule has 1 atom stereocenters. The minimum Gasteiger partial charge on any atom is -0.362 e. The normalized spacial score (nSPS) is 13.3. The molecule has 5 heteroatoms. The Bertz CT molecular complexity index is 218. The molecule has 0 aliphatic heterocycles. The summed E-state index contributed by atoms with van der Waals surface area (Å²) in [5, 5.41) is 6.76. The molecule has 0 aromatic carbocycles. The summed E-state index contributed by atoms with van der Waals surface area (Å²) < 4.78 is 5.08. The molecule has 1 unspecified atom stereocenters. The summed E-state index contributed by atoms with van der Waals surface area (Å²) >= 11 is 0. The molecule has 0 aliphatic rings. The lowest BCUT2D eigenvalue weighted by Crippen LogP contribution is -2.17. The highest BCUT2D eigenvalue weighted by Gasteiger charge is 2.08. The molecule has 0 saturated heterocycles. The third-order valence-corrected chi connectivity index (χ3v) is 1.42. The standard InChI is InChI=1S/C6H12N4O/c1-8-6(11-2)5-3-9-10(7)4-5/h3-4,6,8H,7H2,1-2H3. The first-order chi connectivity index (χ1) is 5.27. The van der Waals surface area contributed by atoms with Crippen LogP contribution in [0.1, 0.15) is 11.8 Å². The van der Waals surface area contributed by atoms with E-state index < -0.39 is 0 Å². The Morgan fingerprint density at radius 1 is 1.82 bits per heavy atom. The minimum absolute atomic E-state index is 0.132. The number of methoxy groups -OCH3 is 1. The van der Waals surface area contributed by atoms with Crippen molar-refractivity contribution in [3.05, 3.63) is 18.0 Å². The topological polar surface area (TPSA) is 65.1 Å². The molecule has 0 bridgehead atoms. The zero-order valence-corrected chi connectivity index (χ0v) is 6.61. The molecule has 0 fully saturated rings. The first-order valence-electron chi connectivity index (χ1n) is 3.27. The van der Waals surface area contributed by atoms with Crippen molar-refractivity contribution in [3.63, 3.8) is 0 Å². The van der Waals surface area contributed by atoms with Crippen molar-refractivity contribution in [2.75, 3.05) is 20.0 Å². The second-order valence-electron chi connectivity index (χ2n) is 2.16. The maximum Gasteiger partial charge on any atom is 0.136 e. The fraction of sp³-hybridized carbons (Fsp3) is 0.500. The van der Waals surface area contributed by atoms with E-state index in [1.807, 2.05) is 7.05 Å². The lowest BCUT2D eigenvalue weighted by Gasteiger charge is -2.10. The van der Waals surface area contributed by atoms with Gasteiger partial charge in [-0.2, -0.15) is 9.89 Å². The van der Waals surface area contributed by atoms with Gasteiger partial charge in [0.05, 0.1) is 12.4 Å². The van der Waals surface area contributed by atoms with Gasteiger partial charge in [0.25, 0.3) is 0 Å². The predicted molar refractivity (Wildman–Crippen MR) is 41.2 cm³/mol. The summed E-state index contributed by atoms with van der Waals surface area (Å²) in [6.45, 7) is 0. The number of nitrogen functional groups attached to an aromatic ring is 1. The van der Waals surface area contributed by atoms with E-state index >= 15 is 0 Å². The molecule has 5 nitrogen and oxygen atoms in total. The highest BCUT2D eigenvalue weighted by atomic mass is 16.5. The van der Waals surface area contributed by atoms with Crippen molar-refractivity contribution < 1.29 is 4.74 Å². The molecule has 62 valence electrons. The number of ether oxygens (including phenoxy) is 1. The van der Waals surface area contributed by atoms with Gasteiger partial charge in [-0.3, -0.25) is 5.32 Å². The van der Waals surface area contributed by atoms with E-state index in [0.717, 1.165) is 5.56 Å². The quantitative estimate of drug-likeness (QED) is 0.455. The van der Waals surface area contributed by atoms with Crippen molar-refractivity contribution >= 4 is 0 Å². The summed E-state index contributed by atoms with van der Waals surface area (Å²) in [7, 11) is 3.43. The zero-order chi connectivity index (χ0) is 8.27. The van der Waals surface area contributed by atoms with Gasteiger partial charge in [0.2, 0.25) is 0 Å². The fourth-order valence-corrected chi connectivity index (χ4v) is 0.909. The van der Waals surface area contributed by atoms with Crippen molar-refractivity contribution in [2.45, 2.75) is 6.23 Å². The van der Waals surface area contributed by atoms with Crippen LogP contribution in [0.5, 0.6) is 0 Å². The molecular weight excluding hydrogens is 144 g/mol. The highest BCUT2D eigenvalue weighted by Crippen LogP contribution is 2.09. The molecule has 1 aromatic rings. The predicted octanol–water partition coefficient (Wildman–Crippen LogP) is -0.539. The number of nitrogens with one attached hydrogen (secondary N) is 1. The highest BCUT2D eigenvalue weighted by molar-refractivity contribution is 5.07. The fourth-order valence-electron chi connectivity index (χ4n) is 0.909. The van der Waals surface area contributed by atoms with E-state index in [1.165, 1.54) is 4.79 Å². The Morgan fingerprint density at radius 3 is 2.91 bits per heavy atom. The number of nitrogens with zero attached hydrogens (tertiary/aromatic N) is 2. The lowest BCUT2D eigenvalue weighted by molar-refractivity contribution is 0.0808. The van der Waals surface area contributed by atoms with Gasteiger partial charge >= 0.3 is 0 Å². The van der Waals surface area contributed by atoms with Crippen LogP contribution < -0.4 is 11.2 Å². The van der Waals surface area contributed by atoms with E-state index in [4.69, 9.17) is 10.6 Å². The number of rotatable bonds is 3. The van der Waals surface area contributed by atoms with Gasteiger partial charge in [0, 0.05) is 12.7 Å². The Kier molecular flexibility index (Phi) is 2.45. The molecule has 0 aliphatic carbocycles. The van der Waals surface area contributed by atoms with Gasteiger partial charge in [0.1, 0.15) is 6.23 Å².